The van der Waals surface area contributed by atoms with Crippen molar-refractivity contribution in [1.82, 2.24) is 14.8 Å². The van der Waals surface area contributed by atoms with E-state index in [1.165, 1.54) is 0 Å². The van der Waals surface area contributed by atoms with Crippen LogP contribution < -0.4 is 0 Å². The van der Waals surface area contributed by atoms with Gasteiger partial charge in [0.05, 0.1) is 5.60 Å². The number of nitrogens with zero attached hydrogens (tertiary/aromatic N) is 3. The number of benzene rings is 1. The molecule has 0 aliphatic rings. The van der Waals surface area contributed by atoms with Crippen molar-refractivity contribution in [3.63, 3.8) is 0 Å². The number of hydrogen-bond donors (Lipinski definition) is 1. The fourth-order valence-electron chi connectivity index (χ4n) is 2.27. The third-order valence-corrected chi connectivity index (χ3v) is 3.48. The van der Waals surface area contributed by atoms with Crippen molar-refractivity contribution < 1.29 is 5.11 Å². The molecule has 1 aromatic carbocycles. The van der Waals surface area contributed by atoms with E-state index in [-0.39, 0.29) is 6.04 Å². The van der Waals surface area contributed by atoms with Crippen LogP contribution in [0.2, 0.25) is 0 Å². The van der Waals surface area contributed by atoms with Gasteiger partial charge in [-0.1, -0.05) is 37.3 Å². The molecule has 0 aliphatic heterocycles. The van der Waals surface area contributed by atoms with Crippen molar-refractivity contribution >= 4 is 0 Å². The summed E-state index contributed by atoms with van der Waals surface area (Å²) in [5.41, 5.74) is 0.0387. The van der Waals surface area contributed by atoms with E-state index < -0.39 is 5.60 Å². The van der Waals surface area contributed by atoms with Gasteiger partial charge in [-0.2, -0.15) is 5.10 Å². The minimum Gasteiger partial charge on any atom is -0.385 e. The molecule has 0 bridgehead atoms. The number of hydrogen-bond acceptors (Lipinski definition) is 3. The maximum absolute atomic E-state index is 10.9. The lowest BCUT2D eigenvalue weighted by molar-refractivity contribution is 0.0294. The maximum atomic E-state index is 10.9. The summed E-state index contributed by atoms with van der Waals surface area (Å²) in [6, 6.07) is 10.0. The Labute approximate surface area is 114 Å². The lowest BCUT2D eigenvalue weighted by atomic mass is 9.87. The molecule has 1 atom stereocenters. The van der Waals surface area contributed by atoms with Crippen LogP contribution in [-0.2, 0) is 12.0 Å². The molecule has 0 saturated carbocycles. The molecule has 1 unspecified atom stereocenters. The quantitative estimate of drug-likeness (QED) is 0.898. The van der Waals surface area contributed by atoms with Crippen molar-refractivity contribution in [2.45, 2.75) is 45.3 Å². The highest BCUT2D eigenvalue weighted by molar-refractivity contribution is 5.23. The van der Waals surface area contributed by atoms with Gasteiger partial charge in [-0.05, 0) is 25.8 Å². The Kier molecular flexibility index (Phi) is 4.00. The molecule has 0 radical (unpaired) electrons. The van der Waals surface area contributed by atoms with Crippen LogP contribution in [0.25, 0.3) is 0 Å². The zero-order valence-corrected chi connectivity index (χ0v) is 11.7. The zero-order chi connectivity index (χ0) is 13.9. The van der Waals surface area contributed by atoms with Gasteiger partial charge in [0.1, 0.15) is 12.2 Å². The second-order valence-electron chi connectivity index (χ2n) is 5.14. The molecule has 102 valence electrons. The zero-order valence-electron chi connectivity index (χ0n) is 11.7. The van der Waals surface area contributed by atoms with Gasteiger partial charge in [-0.15, -0.1) is 0 Å². The van der Waals surface area contributed by atoms with Crippen molar-refractivity contribution in [2.24, 2.45) is 0 Å². The number of aromatic nitrogens is 3. The summed E-state index contributed by atoms with van der Waals surface area (Å²) in [5, 5.41) is 15.1. The second kappa shape index (κ2) is 5.53. The summed E-state index contributed by atoms with van der Waals surface area (Å²) in [6.45, 7) is 6.11. The normalized spacial score (nSPS) is 14.6. The molecule has 19 heavy (non-hydrogen) atoms. The average Bonchev–Trinajstić information content (AvgIpc) is 2.87. The molecule has 4 nitrogen and oxygen atoms in total. The van der Waals surface area contributed by atoms with Gasteiger partial charge in [0.25, 0.3) is 0 Å². The van der Waals surface area contributed by atoms with Crippen molar-refractivity contribution in [2.75, 3.05) is 0 Å². The Hall–Kier alpha value is -1.68. The highest BCUT2D eigenvalue weighted by atomic mass is 16.3. The predicted octanol–water partition coefficient (Wildman–Crippen LogP) is 2.70. The first-order chi connectivity index (χ1) is 9.07. The van der Waals surface area contributed by atoms with Gasteiger partial charge in [0.15, 0.2) is 0 Å². The molecule has 4 heteroatoms. The second-order valence-corrected chi connectivity index (χ2v) is 5.14. The molecular formula is C15H21N3O. The smallest absolute Gasteiger partial charge is 0.138 e. The fourth-order valence-corrected chi connectivity index (χ4v) is 2.27. The molecule has 2 rings (SSSR count). The van der Waals surface area contributed by atoms with Crippen molar-refractivity contribution in [3.05, 3.63) is 48.0 Å². The van der Waals surface area contributed by atoms with E-state index in [0.717, 1.165) is 11.4 Å². The van der Waals surface area contributed by atoms with Gasteiger partial charge in [-0.25, -0.2) is 9.67 Å². The lowest BCUT2D eigenvalue weighted by Gasteiger charge is -2.27. The molecule has 2 aromatic rings. The van der Waals surface area contributed by atoms with Crippen LogP contribution in [0.5, 0.6) is 0 Å². The van der Waals surface area contributed by atoms with Crippen LogP contribution in [0.15, 0.2) is 36.7 Å². The molecule has 0 aliphatic carbocycles. The minimum atomic E-state index is -0.888. The molecule has 1 N–H and O–H groups in total. The Morgan fingerprint density at radius 3 is 2.53 bits per heavy atom. The third-order valence-electron chi connectivity index (χ3n) is 3.48. The van der Waals surface area contributed by atoms with Crippen molar-refractivity contribution in [3.8, 4) is 0 Å². The summed E-state index contributed by atoms with van der Waals surface area (Å²) in [5.74, 6) is 0.822. The summed E-state index contributed by atoms with van der Waals surface area (Å²) in [7, 11) is 0. The molecule has 0 amide bonds. The number of aliphatic hydroxyl groups is 1. The Balaban J connectivity index is 2.31. The van der Waals surface area contributed by atoms with E-state index in [4.69, 9.17) is 0 Å². The molecular weight excluding hydrogens is 238 g/mol. The first-order valence-corrected chi connectivity index (χ1v) is 6.73. The summed E-state index contributed by atoms with van der Waals surface area (Å²) in [4.78, 5) is 4.29. The monoisotopic (exact) mass is 259 g/mol. The van der Waals surface area contributed by atoms with E-state index in [1.54, 1.807) is 6.33 Å². The summed E-state index contributed by atoms with van der Waals surface area (Å²) in [6.07, 6.45) is 2.67. The summed E-state index contributed by atoms with van der Waals surface area (Å²) < 4.78 is 1.86. The van der Waals surface area contributed by atoms with E-state index >= 15 is 0 Å². The first kappa shape index (κ1) is 13.7. The van der Waals surface area contributed by atoms with Crippen LogP contribution in [0.3, 0.4) is 0 Å². The molecule has 0 fully saturated rings. The van der Waals surface area contributed by atoms with Crippen molar-refractivity contribution in [1.29, 1.82) is 0 Å². The largest absolute Gasteiger partial charge is 0.385 e. The van der Waals surface area contributed by atoms with Crippen LogP contribution in [-0.4, -0.2) is 19.9 Å². The van der Waals surface area contributed by atoms with E-state index in [0.29, 0.717) is 12.8 Å². The molecule has 1 heterocycles. The Bertz CT molecular complexity index is 521. The van der Waals surface area contributed by atoms with E-state index in [9.17, 15) is 5.11 Å². The Morgan fingerprint density at radius 1 is 1.26 bits per heavy atom. The van der Waals surface area contributed by atoms with Gasteiger partial charge < -0.3 is 5.11 Å². The maximum Gasteiger partial charge on any atom is 0.138 e. The van der Waals surface area contributed by atoms with Gasteiger partial charge >= 0.3 is 0 Å². The molecule has 1 aromatic heterocycles. The number of rotatable bonds is 5. The van der Waals surface area contributed by atoms with E-state index in [2.05, 4.69) is 23.9 Å². The minimum absolute atomic E-state index is 0.245. The van der Waals surface area contributed by atoms with Gasteiger partial charge in [0.2, 0.25) is 0 Å². The van der Waals surface area contributed by atoms with E-state index in [1.807, 2.05) is 41.9 Å². The standard InChI is InChI=1S/C15H21N3O/c1-4-15(19,13-8-6-5-7-9-13)10-14-16-11-17-18(14)12(2)3/h5-9,11-12,19H,4,10H2,1-3H3. The molecule has 0 saturated heterocycles. The van der Waals surface area contributed by atoms with Gasteiger partial charge in [-0.3, -0.25) is 0 Å². The predicted molar refractivity (Wildman–Crippen MR) is 74.7 cm³/mol. The SMILES string of the molecule is CCC(O)(Cc1ncnn1C(C)C)c1ccccc1. The van der Waals surface area contributed by atoms with Crippen LogP contribution in [0.1, 0.15) is 44.6 Å². The average molecular weight is 259 g/mol. The fraction of sp³-hybridized carbons (Fsp3) is 0.467. The summed E-state index contributed by atoms with van der Waals surface area (Å²) >= 11 is 0. The highest BCUT2D eigenvalue weighted by Crippen LogP contribution is 2.28. The Morgan fingerprint density at radius 2 is 1.95 bits per heavy atom. The van der Waals surface area contributed by atoms with Crippen LogP contribution >= 0.6 is 0 Å². The first-order valence-electron chi connectivity index (χ1n) is 6.73. The lowest BCUT2D eigenvalue weighted by Crippen LogP contribution is -2.29. The molecule has 0 spiro atoms. The highest BCUT2D eigenvalue weighted by Gasteiger charge is 2.29. The third kappa shape index (κ3) is 2.84. The van der Waals surface area contributed by atoms with Crippen LogP contribution in [0.4, 0.5) is 0 Å². The van der Waals surface area contributed by atoms with Crippen LogP contribution in [0, 0.1) is 0 Å². The topological polar surface area (TPSA) is 50.9 Å². The van der Waals surface area contributed by atoms with Gasteiger partial charge in [0, 0.05) is 12.5 Å².